The number of imide groups is 1. The normalized spacial score (nSPS) is 9.71. The van der Waals surface area contributed by atoms with Crippen LogP contribution in [0.5, 0.6) is 5.75 Å². The molecule has 3 amide bonds. The standard InChI is InChI=1S/C17H22N2O5/c1-3-11-18-17(22)19-15(20)12-24-16(21)10-9-13-7-5-6-8-14(13)23-4-2/h3,5-8H,1,4,9-12H2,2H3,(H2,18,19,20,22). The Hall–Kier alpha value is -2.83. The number of carbonyl (C=O) groups is 3. The maximum atomic E-state index is 11.7. The zero-order valence-corrected chi connectivity index (χ0v) is 13.7. The third-order valence-corrected chi connectivity index (χ3v) is 2.90. The number of ether oxygens (including phenoxy) is 2. The summed E-state index contributed by atoms with van der Waals surface area (Å²) in [4.78, 5) is 34.4. The van der Waals surface area contributed by atoms with Gasteiger partial charge in [-0.3, -0.25) is 14.9 Å². The van der Waals surface area contributed by atoms with Gasteiger partial charge < -0.3 is 14.8 Å². The summed E-state index contributed by atoms with van der Waals surface area (Å²) in [6, 6.07) is 6.75. The summed E-state index contributed by atoms with van der Waals surface area (Å²) in [5.41, 5.74) is 0.893. The first-order valence-electron chi connectivity index (χ1n) is 7.61. The minimum absolute atomic E-state index is 0.111. The molecular weight excluding hydrogens is 312 g/mol. The second-order valence-corrected chi connectivity index (χ2v) is 4.75. The lowest BCUT2D eigenvalue weighted by atomic mass is 10.1. The third kappa shape index (κ3) is 7.44. The van der Waals surface area contributed by atoms with Crippen LogP contribution in [-0.4, -0.2) is 37.7 Å². The molecule has 0 fully saturated rings. The van der Waals surface area contributed by atoms with Crippen LogP contribution < -0.4 is 15.4 Å². The average molecular weight is 334 g/mol. The third-order valence-electron chi connectivity index (χ3n) is 2.90. The van der Waals surface area contributed by atoms with Crippen molar-refractivity contribution >= 4 is 17.9 Å². The van der Waals surface area contributed by atoms with E-state index in [1.165, 1.54) is 6.08 Å². The van der Waals surface area contributed by atoms with Crippen molar-refractivity contribution in [2.45, 2.75) is 19.8 Å². The molecule has 0 heterocycles. The number of urea groups is 1. The van der Waals surface area contributed by atoms with Crippen molar-refractivity contribution < 1.29 is 23.9 Å². The van der Waals surface area contributed by atoms with Gasteiger partial charge >= 0.3 is 12.0 Å². The first-order valence-corrected chi connectivity index (χ1v) is 7.61. The number of carbonyl (C=O) groups excluding carboxylic acids is 3. The number of nitrogens with one attached hydrogen (secondary N) is 2. The van der Waals surface area contributed by atoms with Crippen molar-refractivity contribution in [2.75, 3.05) is 19.8 Å². The number of esters is 1. The molecule has 0 unspecified atom stereocenters. The largest absolute Gasteiger partial charge is 0.494 e. The van der Waals surface area contributed by atoms with Gasteiger partial charge in [-0.1, -0.05) is 24.3 Å². The molecule has 1 aromatic rings. The van der Waals surface area contributed by atoms with E-state index in [1.54, 1.807) is 0 Å². The van der Waals surface area contributed by atoms with Crippen LogP contribution in [0.3, 0.4) is 0 Å². The van der Waals surface area contributed by atoms with E-state index in [2.05, 4.69) is 11.9 Å². The highest BCUT2D eigenvalue weighted by molar-refractivity contribution is 5.95. The molecule has 7 heteroatoms. The van der Waals surface area contributed by atoms with Gasteiger partial charge in [0.05, 0.1) is 6.61 Å². The smallest absolute Gasteiger partial charge is 0.321 e. The van der Waals surface area contributed by atoms with E-state index < -0.39 is 24.5 Å². The van der Waals surface area contributed by atoms with E-state index in [-0.39, 0.29) is 13.0 Å². The Balaban J connectivity index is 2.33. The summed E-state index contributed by atoms with van der Waals surface area (Å²) < 4.78 is 10.3. The summed E-state index contributed by atoms with van der Waals surface area (Å²) >= 11 is 0. The van der Waals surface area contributed by atoms with Crippen LogP contribution in [0.2, 0.25) is 0 Å². The number of amides is 3. The maximum absolute atomic E-state index is 11.7. The molecule has 24 heavy (non-hydrogen) atoms. The topological polar surface area (TPSA) is 93.7 Å². The van der Waals surface area contributed by atoms with Gasteiger partial charge in [0.25, 0.3) is 5.91 Å². The predicted octanol–water partition coefficient (Wildman–Crippen LogP) is 1.57. The number of para-hydroxylation sites is 1. The summed E-state index contributed by atoms with van der Waals surface area (Å²) in [7, 11) is 0. The fourth-order valence-corrected chi connectivity index (χ4v) is 1.83. The van der Waals surface area contributed by atoms with Gasteiger partial charge in [-0.05, 0) is 25.0 Å². The molecule has 0 aromatic heterocycles. The zero-order chi connectivity index (χ0) is 17.8. The van der Waals surface area contributed by atoms with E-state index in [0.717, 1.165) is 11.3 Å². The van der Waals surface area contributed by atoms with E-state index in [9.17, 15) is 14.4 Å². The van der Waals surface area contributed by atoms with Crippen LogP contribution in [0.4, 0.5) is 4.79 Å². The van der Waals surface area contributed by atoms with Crippen molar-refractivity contribution in [3.05, 3.63) is 42.5 Å². The zero-order valence-electron chi connectivity index (χ0n) is 13.7. The second-order valence-electron chi connectivity index (χ2n) is 4.75. The number of hydrogen-bond acceptors (Lipinski definition) is 5. The number of hydrogen-bond donors (Lipinski definition) is 2. The van der Waals surface area contributed by atoms with Crippen LogP contribution in [0.15, 0.2) is 36.9 Å². The van der Waals surface area contributed by atoms with E-state index in [0.29, 0.717) is 13.0 Å². The molecule has 0 bridgehead atoms. The molecule has 0 spiro atoms. The molecule has 1 aromatic carbocycles. The Labute approximate surface area is 141 Å². The lowest BCUT2D eigenvalue weighted by Gasteiger charge is -2.10. The van der Waals surface area contributed by atoms with Gasteiger partial charge in [0.1, 0.15) is 5.75 Å². The molecule has 7 nitrogen and oxygen atoms in total. The van der Waals surface area contributed by atoms with Crippen LogP contribution >= 0.6 is 0 Å². The molecular formula is C17H22N2O5. The molecule has 0 radical (unpaired) electrons. The van der Waals surface area contributed by atoms with Crippen molar-refractivity contribution in [3.8, 4) is 5.75 Å². The minimum atomic E-state index is -0.695. The number of aryl methyl sites for hydroxylation is 1. The molecule has 130 valence electrons. The van der Waals surface area contributed by atoms with Crippen molar-refractivity contribution in [3.63, 3.8) is 0 Å². The Morgan fingerprint density at radius 3 is 2.71 bits per heavy atom. The van der Waals surface area contributed by atoms with Crippen LogP contribution in [0.25, 0.3) is 0 Å². The molecule has 0 aliphatic rings. The summed E-state index contributed by atoms with van der Waals surface area (Å²) in [5.74, 6) is -0.494. The molecule has 1 rings (SSSR count). The highest BCUT2D eigenvalue weighted by Gasteiger charge is 2.11. The first-order chi connectivity index (χ1) is 11.6. The van der Waals surface area contributed by atoms with Crippen molar-refractivity contribution in [1.29, 1.82) is 0 Å². The Kier molecular flexibility index (Phi) is 8.67. The number of rotatable bonds is 9. The fraction of sp³-hybridized carbons (Fsp3) is 0.353. The van der Waals surface area contributed by atoms with Crippen LogP contribution in [0.1, 0.15) is 18.9 Å². The summed E-state index contributed by atoms with van der Waals surface area (Å²) in [6.45, 7) is 5.58. The first kappa shape index (κ1) is 19.2. The van der Waals surface area contributed by atoms with Crippen LogP contribution in [-0.2, 0) is 20.7 Å². The summed E-state index contributed by atoms with van der Waals surface area (Å²) in [6.07, 6.45) is 2.03. The lowest BCUT2D eigenvalue weighted by molar-refractivity contribution is -0.148. The molecule has 0 saturated heterocycles. The monoisotopic (exact) mass is 334 g/mol. The van der Waals surface area contributed by atoms with Gasteiger partial charge in [0.2, 0.25) is 0 Å². The minimum Gasteiger partial charge on any atom is -0.494 e. The highest BCUT2D eigenvalue weighted by Crippen LogP contribution is 2.19. The molecule has 2 N–H and O–H groups in total. The molecule has 0 aliphatic heterocycles. The molecule has 0 atom stereocenters. The fourth-order valence-electron chi connectivity index (χ4n) is 1.83. The van der Waals surface area contributed by atoms with Gasteiger partial charge in [0, 0.05) is 13.0 Å². The molecule has 0 saturated carbocycles. The maximum Gasteiger partial charge on any atom is 0.321 e. The Bertz CT molecular complexity index is 586. The van der Waals surface area contributed by atoms with Gasteiger partial charge in [0.15, 0.2) is 6.61 Å². The van der Waals surface area contributed by atoms with Gasteiger partial charge in [-0.15, -0.1) is 6.58 Å². The number of benzene rings is 1. The van der Waals surface area contributed by atoms with Gasteiger partial charge in [-0.2, -0.15) is 0 Å². The van der Waals surface area contributed by atoms with Gasteiger partial charge in [-0.25, -0.2) is 4.79 Å². The predicted molar refractivity (Wildman–Crippen MR) is 88.6 cm³/mol. The van der Waals surface area contributed by atoms with E-state index in [4.69, 9.17) is 9.47 Å². The quantitative estimate of drug-likeness (QED) is 0.528. The Morgan fingerprint density at radius 2 is 2.00 bits per heavy atom. The highest BCUT2D eigenvalue weighted by atomic mass is 16.5. The second kappa shape index (κ2) is 10.8. The van der Waals surface area contributed by atoms with Crippen molar-refractivity contribution in [2.24, 2.45) is 0 Å². The Morgan fingerprint density at radius 1 is 1.25 bits per heavy atom. The average Bonchev–Trinajstić information content (AvgIpc) is 2.57. The van der Waals surface area contributed by atoms with Crippen molar-refractivity contribution in [1.82, 2.24) is 10.6 Å². The SMILES string of the molecule is C=CCNC(=O)NC(=O)COC(=O)CCc1ccccc1OCC. The van der Waals surface area contributed by atoms with E-state index in [1.807, 2.05) is 36.5 Å². The summed E-state index contributed by atoms with van der Waals surface area (Å²) in [5, 5.41) is 4.41. The molecule has 0 aliphatic carbocycles. The lowest BCUT2D eigenvalue weighted by Crippen LogP contribution is -2.41. The van der Waals surface area contributed by atoms with Crippen LogP contribution in [0, 0.1) is 0 Å². The van der Waals surface area contributed by atoms with E-state index >= 15 is 0 Å².